The van der Waals surface area contributed by atoms with Gasteiger partial charge in [-0.1, -0.05) is 23.7 Å². The molecule has 1 N–H and O–H groups in total. The topological polar surface area (TPSA) is 111 Å². The van der Waals surface area contributed by atoms with Crippen LogP contribution in [0.5, 0.6) is 0 Å². The molecule has 5 rings (SSSR count). The highest BCUT2D eigenvalue weighted by Gasteiger charge is 2.17. The van der Waals surface area contributed by atoms with Crippen LogP contribution in [0.4, 0.5) is 11.4 Å². The Morgan fingerprint density at radius 3 is 2.69 bits per heavy atom. The van der Waals surface area contributed by atoms with Crippen molar-refractivity contribution in [3.8, 4) is 22.8 Å². The third-order valence-electron chi connectivity index (χ3n) is 5.21. The van der Waals surface area contributed by atoms with Crippen LogP contribution in [0.25, 0.3) is 40.0 Å². The summed E-state index contributed by atoms with van der Waals surface area (Å²) in [5.41, 5.74) is 2.65. The number of para-hydroxylation sites is 1. The summed E-state index contributed by atoms with van der Waals surface area (Å²) in [7, 11) is 0. The number of hydrogen-bond acceptors (Lipinski definition) is 6. The van der Waals surface area contributed by atoms with E-state index in [1.54, 1.807) is 54.6 Å². The first-order valence-corrected chi connectivity index (χ1v) is 12.0. The van der Waals surface area contributed by atoms with Crippen LogP contribution in [0.2, 0.25) is 5.02 Å². The lowest BCUT2D eigenvalue weighted by Crippen LogP contribution is -2.07. The van der Waals surface area contributed by atoms with Gasteiger partial charge in [-0.25, -0.2) is 4.98 Å². The number of fused-ring (bicyclic) bond motifs is 1. The number of benzene rings is 3. The highest BCUT2D eigenvalue weighted by Crippen LogP contribution is 2.33. The van der Waals surface area contributed by atoms with Gasteiger partial charge in [0.25, 0.3) is 5.69 Å². The smallest absolute Gasteiger partial charge is 0.280 e. The molecule has 0 unspecified atom stereocenters. The largest absolute Gasteiger partial charge is 0.456 e. The molecule has 0 radical (unpaired) electrons. The van der Waals surface area contributed by atoms with E-state index in [4.69, 9.17) is 20.4 Å². The molecule has 3 aromatic carbocycles. The van der Waals surface area contributed by atoms with Gasteiger partial charge in [0.15, 0.2) is 5.58 Å². The number of aromatic nitrogens is 1. The number of halogens is 2. The minimum Gasteiger partial charge on any atom is -0.456 e. The van der Waals surface area contributed by atoms with Gasteiger partial charge < -0.3 is 14.2 Å². The summed E-state index contributed by atoms with van der Waals surface area (Å²) >= 11 is 8.49. The number of furan rings is 1. The summed E-state index contributed by atoms with van der Waals surface area (Å²) < 4.78 is 12.5. The molecule has 0 aliphatic rings. The van der Waals surface area contributed by atoms with Crippen LogP contribution in [0.3, 0.4) is 0 Å². The minimum absolute atomic E-state index is 0.0594. The molecule has 36 heavy (non-hydrogen) atoms. The van der Waals surface area contributed by atoms with Gasteiger partial charge >= 0.3 is 0 Å². The second-order valence-corrected chi connectivity index (χ2v) is 9.28. The molecule has 2 heterocycles. The molecule has 0 atom stereocenters. The van der Waals surface area contributed by atoms with Crippen LogP contribution < -0.4 is 5.32 Å². The number of nitro groups is 1. The van der Waals surface area contributed by atoms with E-state index in [0.717, 1.165) is 3.57 Å². The molecule has 2 aromatic heterocycles. The van der Waals surface area contributed by atoms with Crippen molar-refractivity contribution in [2.45, 2.75) is 0 Å². The summed E-state index contributed by atoms with van der Waals surface area (Å²) in [5, 5.41) is 14.6. The van der Waals surface area contributed by atoms with Crippen LogP contribution in [0.15, 0.2) is 87.7 Å². The third kappa shape index (κ3) is 5.02. The zero-order valence-corrected chi connectivity index (χ0v) is 21.2. The lowest BCUT2D eigenvalue weighted by molar-refractivity contribution is -0.384. The van der Waals surface area contributed by atoms with Crippen molar-refractivity contribution in [3.05, 3.63) is 103 Å². The summed E-state index contributed by atoms with van der Waals surface area (Å²) in [6.45, 7) is 0. The molecule has 0 saturated carbocycles. The maximum Gasteiger partial charge on any atom is 0.280 e. The van der Waals surface area contributed by atoms with E-state index in [0.29, 0.717) is 50.3 Å². The number of carbonyl (C=O) groups excluding carboxylic acids is 1. The Morgan fingerprint density at radius 2 is 1.86 bits per heavy atom. The van der Waals surface area contributed by atoms with E-state index >= 15 is 0 Å². The molecule has 178 valence electrons. The number of amides is 1. The van der Waals surface area contributed by atoms with Gasteiger partial charge in [0.2, 0.25) is 11.8 Å². The normalized spacial score (nSPS) is 11.3. The molecular weight excluding hydrogens is 597 g/mol. The first-order chi connectivity index (χ1) is 17.4. The molecule has 5 aromatic rings. The van der Waals surface area contributed by atoms with E-state index in [2.05, 4.69) is 32.9 Å². The first kappa shape index (κ1) is 23.8. The average Bonchev–Trinajstić information content (AvgIpc) is 3.51. The van der Waals surface area contributed by atoms with E-state index in [1.165, 1.54) is 18.2 Å². The van der Waals surface area contributed by atoms with Crippen molar-refractivity contribution >= 4 is 68.6 Å². The quantitative estimate of drug-likeness (QED) is 0.0917. The van der Waals surface area contributed by atoms with Crippen molar-refractivity contribution < 1.29 is 18.6 Å². The van der Waals surface area contributed by atoms with Gasteiger partial charge in [-0.2, -0.15) is 0 Å². The van der Waals surface area contributed by atoms with Gasteiger partial charge in [0.05, 0.1) is 21.1 Å². The molecule has 0 spiro atoms. The monoisotopic (exact) mass is 611 g/mol. The summed E-state index contributed by atoms with van der Waals surface area (Å²) in [5.74, 6) is 0.721. The van der Waals surface area contributed by atoms with Gasteiger partial charge in [-0.15, -0.1) is 0 Å². The van der Waals surface area contributed by atoms with Crippen molar-refractivity contribution in [2.75, 3.05) is 5.32 Å². The Hall–Kier alpha value is -3.96. The molecule has 8 nitrogen and oxygen atoms in total. The number of rotatable bonds is 6. The van der Waals surface area contributed by atoms with Crippen LogP contribution in [-0.2, 0) is 4.79 Å². The maximum absolute atomic E-state index is 12.5. The number of carbonyl (C=O) groups is 1. The number of nitrogens with one attached hydrogen (secondary N) is 1. The molecule has 1 amide bonds. The number of hydrogen-bond donors (Lipinski definition) is 1. The number of nitro benzene ring substituents is 1. The SMILES string of the molecule is O=C(/C=C/c1ccc(-c2ccccc2[N+](=O)[O-])o1)Nc1ccc2oc(-c3cc(I)ccc3Cl)nc2c1. The van der Waals surface area contributed by atoms with Crippen LogP contribution in [0.1, 0.15) is 5.76 Å². The molecule has 0 aliphatic heterocycles. The highest BCUT2D eigenvalue weighted by molar-refractivity contribution is 14.1. The molecule has 0 bridgehead atoms. The van der Waals surface area contributed by atoms with Gasteiger partial charge in [0, 0.05) is 21.4 Å². The number of anilines is 1. The second-order valence-electron chi connectivity index (χ2n) is 7.62. The van der Waals surface area contributed by atoms with Gasteiger partial charge in [0.1, 0.15) is 17.0 Å². The van der Waals surface area contributed by atoms with Crippen molar-refractivity contribution in [1.29, 1.82) is 0 Å². The van der Waals surface area contributed by atoms with E-state index in [-0.39, 0.29) is 11.6 Å². The molecule has 0 saturated heterocycles. The fourth-order valence-electron chi connectivity index (χ4n) is 3.55. The molecule has 10 heteroatoms. The Morgan fingerprint density at radius 1 is 1.03 bits per heavy atom. The van der Waals surface area contributed by atoms with Gasteiger partial charge in [-0.05, 0) is 83.3 Å². The summed E-state index contributed by atoms with van der Waals surface area (Å²) in [6, 6.07) is 20.2. The van der Waals surface area contributed by atoms with E-state index < -0.39 is 4.92 Å². The Bertz CT molecular complexity index is 1660. The number of nitrogens with zero attached hydrogens (tertiary/aromatic N) is 2. The third-order valence-corrected chi connectivity index (χ3v) is 6.21. The standard InChI is InChI=1S/C26H15ClIN3O5/c27-20-9-5-15(28)13-19(20)26-30-21-14-16(6-10-24(21)36-26)29-25(32)12-8-17-7-11-23(35-17)18-3-1-2-4-22(18)31(33)34/h1-14H,(H,29,32)/b12-8+. The van der Waals surface area contributed by atoms with Crippen molar-refractivity contribution in [2.24, 2.45) is 0 Å². The molecule has 0 fully saturated rings. The van der Waals surface area contributed by atoms with E-state index in [9.17, 15) is 14.9 Å². The zero-order valence-electron chi connectivity index (χ0n) is 18.3. The Balaban J connectivity index is 1.31. The van der Waals surface area contributed by atoms with E-state index in [1.807, 2.05) is 12.1 Å². The van der Waals surface area contributed by atoms with Gasteiger partial charge in [-0.3, -0.25) is 14.9 Å². The fraction of sp³-hybridized carbons (Fsp3) is 0. The number of oxazole rings is 1. The van der Waals surface area contributed by atoms with Crippen molar-refractivity contribution in [3.63, 3.8) is 0 Å². The lowest BCUT2D eigenvalue weighted by Gasteiger charge is -2.01. The molecule has 0 aliphatic carbocycles. The Kier molecular flexibility index (Phi) is 6.57. The summed E-state index contributed by atoms with van der Waals surface area (Å²) in [4.78, 5) is 27.8. The van der Waals surface area contributed by atoms with Crippen LogP contribution >= 0.6 is 34.2 Å². The minimum atomic E-state index is -0.468. The Labute approximate surface area is 222 Å². The first-order valence-electron chi connectivity index (χ1n) is 10.6. The summed E-state index contributed by atoms with van der Waals surface area (Å²) in [6.07, 6.45) is 2.80. The van der Waals surface area contributed by atoms with Crippen molar-refractivity contribution in [1.82, 2.24) is 4.98 Å². The van der Waals surface area contributed by atoms with Crippen LogP contribution in [-0.4, -0.2) is 15.8 Å². The lowest BCUT2D eigenvalue weighted by atomic mass is 10.1. The second kappa shape index (κ2) is 9.96. The maximum atomic E-state index is 12.5. The fourth-order valence-corrected chi connectivity index (χ4v) is 4.24. The average molecular weight is 612 g/mol. The zero-order chi connectivity index (χ0) is 25.2. The highest BCUT2D eigenvalue weighted by atomic mass is 127. The van der Waals surface area contributed by atoms with Crippen LogP contribution in [0, 0.1) is 13.7 Å². The molecular formula is C26H15ClIN3O5. The predicted octanol–water partition coefficient (Wildman–Crippen LogP) is 7.57. The predicted molar refractivity (Wildman–Crippen MR) is 146 cm³/mol.